The van der Waals surface area contributed by atoms with Gasteiger partial charge in [-0.15, -0.1) is 0 Å². The molecule has 0 spiro atoms. The lowest BCUT2D eigenvalue weighted by Gasteiger charge is -2.22. The number of nitrogens with zero attached hydrogens (tertiary/aromatic N) is 2. The molecule has 1 atom stereocenters. The topological polar surface area (TPSA) is 84.7 Å². The molecular formula is C21H18ClN3O4. The number of aromatic nitrogens is 1. The summed E-state index contributed by atoms with van der Waals surface area (Å²) >= 11 is 5.93. The van der Waals surface area contributed by atoms with Gasteiger partial charge in [-0.2, -0.15) is 0 Å². The third-order valence-electron chi connectivity index (χ3n) is 4.96. The van der Waals surface area contributed by atoms with Crippen molar-refractivity contribution >= 4 is 23.5 Å². The highest BCUT2D eigenvalue weighted by molar-refractivity contribution is 6.30. The van der Waals surface area contributed by atoms with Crippen LogP contribution in [0.25, 0.3) is 11.3 Å². The number of benzene rings is 2. The molecule has 2 aromatic carbocycles. The highest BCUT2D eigenvalue weighted by atomic mass is 35.5. The summed E-state index contributed by atoms with van der Waals surface area (Å²) in [5, 5.41) is 7.35. The second kappa shape index (κ2) is 7.25. The van der Waals surface area contributed by atoms with Crippen molar-refractivity contribution in [2.75, 3.05) is 7.11 Å². The lowest BCUT2D eigenvalue weighted by Crippen LogP contribution is -2.40. The van der Waals surface area contributed by atoms with Crippen molar-refractivity contribution in [3.05, 3.63) is 70.9 Å². The van der Waals surface area contributed by atoms with Gasteiger partial charge < -0.3 is 14.6 Å². The molecule has 3 amide bonds. The van der Waals surface area contributed by atoms with E-state index >= 15 is 0 Å². The minimum Gasteiger partial charge on any atom is -0.497 e. The summed E-state index contributed by atoms with van der Waals surface area (Å²) in [6, 6.07) is 15.4. The Bertz CT molecular complexity index is 1060. The average molecular weight is 412 g/mol. The Balaban J connectivity index is 1.54. The standard InChI is InChI=1S/C21H18ClN3O4/c1-21(14-5-7-15(22)8-6-14)19(26)25(20(27)23-21)12-17-11-18(24-29-17)13-3-9-16(28-2)10-4-13/h3-11H,12H2,1-2H3,(H,23,27). The van der Waals surface area contributed by atoms with Gasteiger partial charge in [0.1, 0.15) is 17.0 Å². The van der Waals surface area contributed by atoms with Gasteiger partial charge in [0.2, 0.25) is 0 Å². The molecule has 0 saturated carbocycles. The number of hydrogen-bond donors (Lipinski definition) is 1. The molecule has 148 valence electrons. The SMILES string of the molecule is COc1ccc(-c2cc(CN3C(=O)NC(C)(c4ccc(Cl)cc4)C3=O)on2)cc1. The molecule has 7 nitrogen and oxygen atoms in total. The van der Waals surface area contributed by atoms with E-state index in [4.69, 9.17) is 20.9 Å². The number of urea groups is 1. The first kappa shape index (κ1) is 19.0. The molecule has 1 aliphatic heterocycles. The summed E-state index contributed by atoms with van der Waals surface area (Å²) in [7, 11) is 1.60. The van der Waals surface area contributed by atoms with Gasteiger partial charge in [0.25, 0.3) is 5.91 Å². The van der Waals surface area contributed by atoms with Crippen LogP contribution in [0.4, 0.5) is 4.79 Å². The van der Waals surface area contributed by atoms with E-state index in [1.807, 2.05) is 24.3 Å². The molecule has 8 heteroatoms. The first-order valence-corrected chi connectivity index (χ1v) is 9.28. The quantitative estimate of drug-likeness (QED) is 0.642. The Morgan fingerprint density at radius 1 is 1.14 bits per heavy atom. The van der Waals surface area contributed by atoms with Crippen molar-refractivity contribution in [3.8, 4) is 17.0 Å². The molecule has 1 aliphatic rings. The molecule has 1 N–H and O–H groups in total. The number of halogens is 1. The summed E-state index contributed by atoms with van der Waals surface area (Å²) in [4.78, 5) is 26.6. The van der Waals surface area contributed by atoms with Gasteiger partial charge in [-0.1, -0.05) is 28.9 Å². The van der Waals surface area contributed by atoms with E-state index in [0.717, 1.165) is 16.2 Å². The van der Waals surface area contributed by atoms with Gasteiger partial charge >= 0.3 is 6.03 Å². The van der Waals surface area contributed by atoms with E-state index in [2.05, 4.69) is 10.5 Å². The van der Waals surface area contributed by atoms with Gasteiger partial charge in [-0.25, -0.2) is 4.79 Å². The maximum atomic E-state index is 13.0. The predicted molar refractivity (Wildman–Crippen MR) is 106 cm³/mol. The fraction of sp³-hybridized carbons (Fsp3) is 0.190. The number of imide groups is 1. The van der Waals surface area contributed by atoms with E-state index in [1.165, 1.54) is 0 Å². The third kappa shape index (κ3) is 3.45. The van der Waals surface area contributed by atoms with Crippen molar-refractivity contribution < 1.29 is 18.8 Å². The number of ether oxygens (including phenoxy) is 1. The van der Waals surface area contributed by atoms with Gasteiger partial charge in [0.15, 0.2) is 5.76 Å². The Labute approximate surface area is 172 Å². The molecule has 1 unspecified atom stereocenters. The monoisotopic (exact) mass is 411 g/mol. The highest BCUT2D eigenvalue weighted by Gasteiger charge is 2.49. The highest BCUT2D eigenvalue weighted by Crippen LogP contribution is 2.31. The number of carbonyl (C=O) groups excluding carboxylic acids is 2. The smallest absolute Gasteiger partial charge is 0.325 e. The zero-order valence-corrected chi connectivity index (χ0v) is 16.6. The van der Waals surface area contributed by atoms with Crippen LogP contribution in [-0.4, -0.2) is 29.1 Å². The van der Waals surface area contributed by atoms with Crippen LogP contribution in [0.3, 0.4) is 0 Å². The molecule has 0 aliphatic carbocycles. The predicted octanol–water partition coefficient (Wildman–Crippen LogP) is 3.97. The van der Waals surface area contributed by atoms with Crippen molar-refractivity contribution in [2.24, 2.45) is 0 Å². The van der Waals surface area contributed by atoms with Crippen molar-refractivity contribution in [1.29, 1.82) is 0 Å². The van der Waals surface area contributed by atoms with E-state index in [9.17, 15) is 9.59 Å². The first-order valence-electron chi connectivity index (χ1n) is 8.91. The molecule has 29 heavy (non-hydrogen) atoms. The number of methoxy groups -OCH3 is 1. The second-order valence-corrected chi connectivity index (χ2v) is 7.30. The summed E-state index contributed by atoms with van der Waals surface area (Å²) in [5.41, 5.74) is 0.930. The zero-order valence-electron chi connectivity index (χ0n) is 15.8. The number of hydrogen-bond acceptors (Lipinski definition) is 5. The molecule has 0 radical (unpaired) electrons. The van der Waals surface area contributed by atoms with Crippen LogP contribution in [-0.2, 0) is 16.9 Å². The van der Waals surface area contributed by atoms with Gasteiger partial charge in [-0.3, -0.25) is 9.69 Å². The molecule has 2 heterocycles. The maximum Gasteiger partial charge on any atom is 0.325 e. The van der Waals surface area contributed by atoms with Gasteiger partial charge in [0.05, 0.1) is 13.7 Å². The summed E-state index contributed by atoms with van der Waals surface area (Å²) in [5.74, 6) is 0.769. The second-order valence-electron chi connectivity index (χ2n) is 6.86. The lowest BCUT2D eigenvalue weighted by atomic mass is 9.92. The molecular weight excluding hydrogens is 394 g/mol. The summed E-state index contributed by atoms with van der Waals surface area (Å²) < 4.78 is 10.5. The van der Waals surface area contributed by atoms with Crippen LogP contribution < -0.4 is 10.1 Å². The Morgan fingerprint density at radius 3 is 2.48 bits per heavy atom. The Kier molecular flexibility index (Phi) is 4.76. The number of amides is 3. The normalized spacial score (nSPS) is 18.8. The minimum absolute atomic E-state index is 0.0169. The fourth-order valence-corrected chi connectivity index (χ4v) is 3.39. The average Bonchev–Trinajstić information content (AvgIpc) is 3.28. The zero-order chi connectivity index (χ0) is 20.6. The molecule has 3 aromatic rings. The van der Waals surface area contributed by atoms with Crippen LogP contribution in [0.2, 0.25) is 5.02 Å². The van der Waals surface area contributed by atoms with E-state index in [-0.39, 0.29) is 12.5 Å². The number of nitrogens with one attached hydrogen (secondary N) is 1. The number of rotatable bonds is 5. The maximum absolute atomic E-state index is 13.0. The molecule has 1 aromatic heterocycles. The van der Waals surface area contributed by atoms with E-state index in [1.54, 1.807) is 44.4 Å². The van der Waals surface area contributed by atoms with E-state index < -0.39 is 11.6 Å². The van der Waals surface area contributed by atoms with Gasteiger partial charge in [0, 0.05) is 16.7 Å². The minimum atomic E-state index is -1.17. The fourth-order valence-electron chi connectivity index (χ4n) is 3.26. The van der Waals surface area contributed by atoms with Crippen LogP contribution in [0.1, 0.15) is 18.2 Å². The van der Waals surface area contributed by atoms with E-state index in [0.29, 0.717) is 22.0 Å². The summed E-state index contributed by atoms with van der Waals surface area (Å²) in [6.45, 7) is 1.65. The molecule has 0 bridgehead atoms. The van der Waals surface area contributed by atoms with Crippen LogP contribution in [0, 0.1) is 0 Å². The van der Waals surface area contributed by atoms with Crippen molar-refractivity contribution in [2.45, 2.75) is 19.0 Å². The molecule has 1 fully saturated rings. The summed E-state index contributed by atoms with van der Waals surface area (Å²) in [6.07, 6.45) is 0. The third-order valence-corrected chi connectivity index (χ3v) is 5.21. The number of carbonyl (C=O) groups is 2. The van der Waals surface area contributed by atoms with Crippen molar-refractivity contribution in [3.63, 3.8) is 0 Å². The first-order chi connectivity index (χ1) is 13.9. The Hall–Kier alpha value is -3.32. The largest absolute Gasteiger partial charge is 0.497 e. The van der Waals surface area contributed by atoms with Crippen molar-refractivity contribution in [1.82, 2.24) is 15.4 Å². The van der Waals surface area contributed by atoms with Crippen LogP contribution in [0.5, 0.6) is 5.75 Å². The molecule has 1 saturated heterocycles. The van der Waals surface area contributed by atoms with Crippen LogP contribution >= 0.6 is 11.6 Å². The Morgan fingerprint density at radius 2 is 1.83 bits per heavy atom. The van der Waals surface area contributed by atoms with Crippen LogP contribution in [0.15, 0.2) is 59.1 Å². The lowest BCUT2D eigenvalue weighted by molar-refractivity contribution is -0.131. The molecule has 4 rings (SSSR count). The van der Waals surface area contributed by atoms with Gasteiger partial charge in [-0.05, 0) is 48.9 Å².